The van der Waals surface area contributed by atoms with Crippen molar-refractivity contribution in [3.8, 4) is 0 Å². The average molecular weight is 304 g/mol. The molecule has 124 valence electrons. The second-order valence-corrected chi connectivity index (χ2v) is 7.98. The maximum absolute atomic E-state index is 11.8. The van der Waals surface area contributed by atoms with Crippen LogP contribution in [0.25, 0.3) is 0 Å². The molecule has 0 heterocycles. The van der Waals surface area contributed by atoms with Gasteiger partial charge in [-0.1, -0.05) is 43.1 Å². The summed E-state index contributed by atoms with van der Waals surface area (Å²) in [5.74, 6) is 0.493. The molecule has 0 saturated heterocycles. The van der Waals surface area contributed by atoms with Gasteiger partial charge in [0.2, 0.25) is 0 Å². The van der Waals surface area contributed by atoms with E-state index in [0.717, 1.165) is 38.5 Å². The van der Waals surface area contributed by atoms with Crippen molar-refractivity contribution in [3.63, 3.8) is 0 Å². The van der Waals surface area contributed by atoms with Gasteiger partial charge in [-0.2, -0.15) is 0 Å². The molecule has 0 aromatic carbocycles. The molecule has 22 heavy (non-hydrogen) atoms. The van der Waals surface area contributed by atoms with Crippen molar-refractivity contribution in [2.24, 2.45) is 16.7 Å². The van der Waals surface area contributed by atoms with Gasteiger partial charge >= 0.3 is 0 Å². The highest BCUT2D eigenvalue weighted by molar-refractivity contribution is 5.60. The second-order valence-electron chi connectivity index (χ2n) is 7.98. The van der Waals surface area contributed by atoms with Crippen LogP contribution in [0.15, 0.2) is 22.8 Å². The minimum absolute atomic E-state index is 0.132. The maximum Gasteiger partial charge on any atom is 0.126 e. The van der Waals surface area contributed by atoms with Gasteiger partial charge in [-0.05, 0) is 63.7 Å². The van der Waals surface area contributed by atoms with Gasteiger partial charge in [0.15, 0.2) is 0 Å². The van der Waals surface area contributed by atoms with Gasteiger partial charge in [-0.3, -0.25) is 0 Å². The van der Waals surface area contributed by atoms with Crippen LogP contribution in [0.3, 0.4) is 0 Å². The molecular weight excluding hydrogens is 272 g/mol. The highest BCUT2D eigenvalue weighted by Crippen LogP contribution is 2.59. The first kappa shape index (κ1) is 17.5. The Bertz CT molecular complexity index is 488. The lowest BCUT2D eigenvalue weighted by Crippen LogP contribution is -2.47. The fourth-order valence-corrected chi connectivity index (χ4v) is 5.14. The van der Waals surface area contributed by atoms with Crippen molar-refractivity contribution >= 4 is 6.29 Å². The minimum Gasteiger partial charge on any atom is -0.392 e. The summed E-state index contributed by atoms with van der Waals surface area (Å²) < 4.78 is 0. The molecule has 0 amide bonds. The van der Waals surface area contributed by atoms with Crippen LogP contribution in [0.4, 0.5) is 0 Å². The average Bonchev–Trinajstić information content (AvgIpc) is 2.46. The van der Waals surface area contributed by atoms with E-state index in [1.165, 1.54) is 18.3 Å². The number of rotatable bonds is 5. The zero-order valence-electron chi connectivity index (χ0n) is 14.7. The van der Waals surface area contributed by atoms with Crippen LogP contribution < -0.4 is 0 Å². The fourth-order valence-electron chi connectivity index (χ4n) is 5.14. The molecule has 2 aliphatic carbocycles. The molecule has 0 radical (unpaired) electrons. The predicted octanol–water partition coefficient (Wildman–Crippen LogP) is 4.83. The number of fused-ring (bicyclic) bond motifs is 1. The molecule has 0 aromatic rings. The zero-order chi connectivity index (χ0) is 16.4. The third-order valence-electron chi connectivity index (χ3n) is 6.47. The van der Waals surface area contributed by atoms with E-state index in [2.05, 4.69) is 27.7 Å². The summed E-state index contributed by atoms with van der Waals surface area (Å²) >= 11 is 0. The van der Waals surface area contributed by atoms with Crippen molar-refractivity contribution in [1.29, 1.82) is 0 Å². The quantitative estimate of drug-likeness (QED) is 0.583. The molecular formula is C20H32O2. The fraction of sp³-hybridized carbons (Fsp3) is 0.750. The molecule has 0 spiro atoms. The topological polar surface area (TPSA) is 37.3 Å². The van der Waals surface area contributed by atoms with E-state index in [1.807, 2.05) is 6.08 Å². The number of carbonyl (C=O) groups is 1. The Morgan fingerprint density at radius 3 is 2.73 bits per heavy atom. The molecule has 2 rings (SSSR count). The SMILES string of the molecule is CC(=CCO)CCC1=C(C)CCC2C(C)(C=O)CCCC12C. The van der Waals surface area contributed by atoms with E-state index in [1.54, 1.807) is 11.1 Å². The number of hydrogen-bond donors (Lipinski definition) is 1. The van der Waals surface area contributed by atoms with Crippen molar-refractivity contribution < 1.29 is 9.90 Å². The Morgan fingerprint density at radius 2 is 2.09 bits per heavy atom. The maximum atomic E-state index is 11.8. The Kier molecular flexibility index (Phi) is 5.32. The minimum atomic E-state index is -0.144. The van der Waals surface area contributed by atoms with Gasteiger partial charge in [0.25, 0.3) is 0 Å². The molecule has 3 unspecified atom stereocenters. The van der Waals surface area contributed by atoms with Crippen LogP contribution in [-0.4, -0.2) is 18.0 Å². The van der Waals surface area contributed by atoms with E-state index in [0.29, 0.717) is 5.92 Å². The number of aliphatic hydroxyl groups is 1. The largest absolute Gasteiger partial charge is 0.392 e. The standard InChI is InChI=1S/C20H32O2/c1-15(10-13-21)6-8-17-16(2)7-9-18-19(3,14-22)11-5-12-20(17,18)4/h10,14,18,21H,5-9,11-13H2,1-4H3. The van der Waals surface area contributed by atoms with Crippen LogP contribution in [0.5, 0.6) is 0 Å². The van der Waals surface area contributed by atoms with E-state index < -0.39 is 0 Å². The molecule has 1 saturated carbocycles. The number of carbonyl (C=O) groups excluding carboxylic acids is 1. The lowest BCUT2D eigenvalue weighted by atomic mass is 9.49. The first-order valence-corrected chi connectivity index (χ1v) is 8.79. The number of aldehydes is 1. The van der Waals surface area contributed by atoms with Gasteiger partial charge in [-0.25, -0.2) is 0 Å². The van der Waals surface area contributed by atoms with Gasteiger partial charge in [0.05, 0.1) is 6.61 Å². The Balaban J connectivity index is 2.28. The smallest absolute Gasteiger partial charge is 0.126 e. The van der Waals surface area contributed by atoms with Gasteiger partial charge in [0, 0.05) is 5.41 Å². The van der Waals surface area contributed by atoms with Crippen molar-refractivity contribution in [2.45, 2.75) is 72.6 Å². The highest BCUT2D eigenvalue weighted by Gasteiger charge is 2.51. The van der Waals surface area contributed by atoms with Crippen LogP contribution in [0.1, 0.15) is 72.6 Å². The van der Waals surface area contributed by atoms with Crippen LogP contribution in [-0.2, 0) is 4.79 Å². The molecule has 0 aromatic heterocycles. The summed E-state index contributed by atoms with van der Waals surface area (Å²) in [6.45, 7) is 9.10. The number of hydrogen-bond acceptors (Lipinski definition) is 2. The third-order valence-corrected chi connectivity index (χ3v) is 6.47. The molecule has 2 nitrogen and oxygen atoms in total. The van der Waals surface area contributed by atoms with Crippen LogP contribution in [0, 0.1) is 16.7 Å². The normalized spacial score (nSPS) is 36.2. The monoisotopic (exact) mass is 304 g/mol. The van der Waals surface area contributed by atoms with Gasteiger partial charge in [0.1, 0.15) is 6.29 Å². The first-order chi connectivity index (χ1) is 10.4. The third kappa shape index (κ3) is 3.08. The molecule has 0 aliphatic heterocycles. The predicted molar refractivity (Wildman–Crippen MR) is 91.6 cm³/mol. The summed E-state index contributed by atoms with van der Waals surface area (Å²) in [6, 6.07) is 0. The summed E-state index contributed by atoms with van der Waals surface area (Å²) in [5.41, 5.74) is 4.46. The van der Waals surface area contributed by atoms with Gasteiger partial charge < -0.3 is 9.90 Å². The van der Waals surface area contributed by atoms with E-state index in [-0.39, 0.29) is 17.4 Å². The summed E-state index contributed by atoms with van der Waals surface area (Å²) in [4.78, 5) is 11.8. The highest BCUT2D eigenvalue weighted by atomic mass is 16.2. The number of aliphatic hydroxyl groups excluding tert-OH is 1. The van der Waals surface area contributed by atoms with Crippen LogP contribution in [0.2, 0.25) is 0 Å². The van der Waals surface area contributed by atoms with Gasteiger partial charge in [-0.15, -0.1) is 0 Å². The molecule has 0 bridgehead atoms. The zero-order valence-corrected chi connectivity index (χ0v) is 14.7. The summed E-state index contributed by atoms with van der Waals surface area (Å²) in [5, 5.41) is 9.04. The Morgan fingerprint density at radius 1 is 1.36 bits per heavy atom. The Labute approximate surface area is 135 Å². The van der Waals surface area contributed by atoms with Crippen LogP contribution >= 0.6 is 0 Å². The lowest BCUT2D eigenvalue weighted by Gasteiger charge is -2.54. The van der Waals surface area contributed by atoms with Crippen molar-refractivity contribution in [3.05, 3.63) is 22.8 Å². The summed E-state index contributed by atoms with van der Waals surface area (Å²) in [6.07, 6.45) is 11.0. The van der Waals surface area contributed by atoms with E-state index in [4.69, 9.17) is 5.11 Å². The first-order valence-electron chi connectivity index (χ1n) is 8.79. The summed E-state index contributed by atoms with van der Waals surface area (Å²) in [7, 11) is 0. The van der Waals surface area contributed by atoms with Crippen molar-refractivity contribution in [1.82, 2.24) is 0 Å². The molecule has 2 aliphatic rings. The molecule has 3 atom stereocenters. The number of allylic oxidation sites excluding steroid dienone is 3. The molecule has 2 heteroatoms. The Hall–Kier alpha value is -0.890. The molecule has 1 fully saturated rings. The lowest BCUT2D eigenvalue weighted by molar-refractivity contribution is -0.124. The molecule has 1 N–H and O–H groups in total. The van der Waals surface area contributed by atoms with E-state index >= 15 is 0 Å². The van der Waals surface area contributed by atoms with Crippen molar-refractivity contribution in [2.75, 3.05) is 6.61 Å². The second kappa shape index (κ2) is 6.70. The van der Waals surface area contributed by atoms with E-state index in [9.17, 15) is 4.79 Å².